The highest BCUT2D eigenvalue weighted by molar-refractivity contribution is 8.24. The second-order valence-corrected chi connectivity index (χ2v) is 23.5. The Morgan fingerprint density at radius 2 is 0.911 bits per heavy atom. The van der Waals surface area contributed by atoms with Gasteiger partial charge in [0.15, 0.2) is 0 Å². The van der Waals surface area contributed by atoms with Crippen molar-refractivity contribution in [2.75, 3.05) is 33.0 Å². The van der Waals surface area contributed by atoms with Gasteiger partial charge in [-0.15, -0.1) is 0 Å². The van der Waals surface area contributed by atoms with E-state index >= 15 is 0 Å². The van der Waals surface area contributed by atoms with Crippen LogP contribution in [0.2, 0.25) is 0 Å². The van der Waals surface area contributed by atoms with E-state index in [-0.39, 0.29) is 75.9 Å². The van der Waals surface area contributed by atoms with Crippen molar-refractivity contribution in [3.05, 3.63) is 118 Å². The Bertz CT molecular complexity index is 3210. The van der Waals surface area contributed by atoms with Gasteiger partial charge in [-0.2, -0.15) is 0 Å². The molecule has 90 heavy (non-hydrogen) atoms. The molecule has 0 amide bonds. The fourth-order valence-electron chi connectivity index (χ4n) is 9.26. The van der Waals surface area contributed by atoms with Gasteiger partial charge in [-0.1, -0.05) is 60.9 Å². The molecule has 25 heteroatoms. The van der Waals surface area contributed by atoms with Crippen LogP contribution in [-0.2, 0) is 93.9 Å². The molecule has 3 aromatic rings. The van der Waals surface area contributed by atoms with Gasteiger partial charge < -0.3 is 52.1 Å². The smallest absolute Gasteiger partial charge is 0.330 e. The van der Waals surface area contributed by atoms with E-state index in [9.17, 15) is 53.2 Å². The Morgan fingerprint density at radius 1 is 0.522 bits per heavy atom. The van der Waals surface area contributed by atoms with E-state index in [4.69, 9.17) is 58.7 Å². The molecule has 0 spiro atoms. The molecule has 3 unspecified atom stereocenters. The number of esters is 10. The molecule has 0 N–H and O–H groups in total. The van der Waals surface area contributed by atoms with Gasteiger partial charge in [0, 0.05) is 25.0 Å². The SMILES string of the molecule is [C-]#[N+]/C(C#N)=C1\Sc2c(OC(=O)C3CCC(C(=O)Oc4ccc(CCOC(=O)CCC(=O)OCC(C)OC(=O)C=C)cc4)CC3)ccc(OC(=O)C3CCC(C(=O)Oc4ccc(CCOC(=O)CCC(=O)OC(C)COC(C)COC(=O)C=C)cc4)CC3)c2S1. The Morgan fingerprint density at radius 3 is 1.32 bits per heavy atom. The summed E-state index contributed by atoms with van der Waals surface area (Å²) in [5.74, 6) is -6.69. The van der Waals surface area contributed by atoms with E-state index in [0.717, 1.165) is 46.8 Å². The summed E-state index contributed by atoms with van der Waals surface area (Å²) in [6, 6.07) is 18.3. The first-order valence-electron chi connectivity index (χ1n) is 29.2. The minimum Gasteiger partial charge on any atom is -0.465 e. The van der Waals surface area contributed by atoms with Crippen molar-refractivity contribution in [1.82, 2.24) is 0 Å². The second-order valence-electron chi connectivity index (χ2n) is 21.2. The van der Waals surface area contributed by atoms with Crippen LogP contribution in [0.25, 0.3) is 4.85 Å². The van der Waals surface area contributed by atoms with Crippen molar-refractivity contribution in [2.24, 2.45) is 23.7 Å². The van der Waals surface area contributed by atoms with Gasteiger partial charge >= 0.3 is 59.7 Å². The minimum absolute atomic E-state index is 0.0141. The Balaban J connectivity index is 0.885. The second kappa shape index (κ2) is 36.0. The monoisotopic (exact) mass is 1280 g/mol. The fraction of sp³-hybridized carbons (Fsp3) is 0.446. The predicted molar refractivity (Wildman–Crippen MR) is 320 cm³/mol. The number of nitriles is 1. The number of nitrogens with zero attached hydrogens (tertiary/aromatic N) is 2. The van der Waals surface area contributed by atoms with Gasteiger partial charge in [0.1, 0.15) is 48.4 Å². The molecule has 2 fully saturated rings. The number of hydrogen-bond donors (Lipinski definition) is 0. The zero-order valence-electron chi connectivity index (χ0n) is 50.1. The largest absolute Gasteiger partial charge is 0.465 e. The third kappa shape index (κ3) is 23.0. The van der Waals surface area contributed by atoms with Crippen molar-refractivity contribution >= 4 is 83.2 Å². The lowest BCUT2D eigenvalue weighted by molar-refractivity contribution is -0.156. The average Bonchev–Trinajstić information content (AvgIpc) is 1.65. The summed E-state index contributed by atoms with van der Waals surface area (Å²) in [6.07, 6.45) is 3.10. The molecule has 0 bridgehead atoms. The molecule has 1 aliphatic heterocycles. The Labute approximate surface area is 529 Å². The number of carbonyl (C=O) groups is 10. The average molecular weight is 1280 g/mol. The number of allylic oxidation sites excluding steroid dienone is 1. The number of rotatable bonds is 31. The topological polar surface area (TPSA) is 300 Å². The predicted octanol–water partition coefficient (Wildman–Crippen LogP) is 9.59. The van der Waals surface area contributed by atoms with Crippen molar-refractivity contribution in [3.8, 4) is 29.1 Å². The molecule has 23 nitrogen and oxygen atoms in total. The molecule has 0 aromatic heterocycles. The van der Waals surface area contributed by atoms with E-state index in [1.54, 1.807) is 69.3 Å². The summed E-state index contributed by atoms with van der Waals surface area (Å²) in [5, 5.41) is 9.72. The van der Waals surface area contributed by atoms with Gasteiger partial charge in [-0.25, -0.2) is 19.7 Å². The summed E-state index contributed by atoms with van der Waals surface area (Å²) in [4.78, 5) is 129. The summed E-state index contributed by atoms with van der Waals surface area (Å²) in [5.41, 5.74) is 1.42. The Kier molecular flexibility index (Phi) is 28.1. The quantitative estimate of drug-likeness (QED) is 0.0144. The van der Waals surface area contributed by atoms with Crippen LogP contribution in [0.1, 0.15) is 109 Å². The van der Waals surface area contributed by atoms with Crippen LogP contribution in [0.3, 0.4) is 0 Å². The maximum atomic E-state index is 13.7. The summed E-state index contributed by atoms with van der Waals surface area (Å²) < 4.78 is 59.7. The lowest BCUT2D eigenvalue weighted by Gasteiger charge is -2.26. The van der Waals surface area contributed by atoms with Crippen molar-refractivity contribution in [2.45, 2.75) is 139 Å². The number of ether oxygens (including phenoxy) is 11. The molecule has 0 radical (unpaired) electrons. The molecule has 2 saturated carbocycles. The van der Waals surface area contributed by atoms with Crippen LogP contribution in [-0.4, -0.2) is 111 Å². The standard InChI is InChI=1S/C65H70N2O21S2/c1-7-53(68)81-36-39(3)80-37-40(4)84-58(73)30-29-56(71)79-34-32-43-11-23-49(24-12-43)86-62(75)45-15-19-47(20-16-45)64(77)88-52-26-25-51(59-60(52)90-65(89-59)50(35-66)67-6)87-63(76)46-17-13-44(14-18-46)61(74)85-48-21-9-42(10-22-48)31-33-78-55(70)27-28-57(72)82-38-41(5)83-54(69)8-2/h7-12,21-26,39-41,44-47H,1-2,13-20,27-34,36-38H2,3-5H3/b65-50+. The first-order chi connectivity index (χ1) is 43.2. The van der Waals surface area contributed by atoms with E-state index in [2.05, 4.69) is 18.0 Å². The van der Waals surface area contributed by atoms with Gasteiger partial charge in [-0.3, -0.25) is 38.4 Å². The third-order valence-corrected chi connectivity index (χ3v) is 16.9. The first kappa shape index (κ1) is 70.3. The van der Waals surface area contributed by atoms with Crippen LogP contribution >= 0.6 is 23.5 Å². The van der Waals surface area contributed by atoms with E-state index in [0.29, 0.717) is 89.7 Å². The molecule has 1 heterocycles. The molecule has 6 rings (SSSR count). The van der Waals surface area contributed by atoms with Gasteiger partial charge in [-0.05, 0) is 120 Å². The van der Waals surface area contributed by atoms with E-state index < -0.39 is 102 Å². The summed E-state index contributed by atoms with van der Waals surface area (Å²) >= 11 is 2.11. The van der Waals surface area contributed by atoms with Crippen molar-refractivity contribution in [1.29, 1.82) is 5.26 Å². The van der Waals surface area contributed by atoms with Crippen LogP contribution in [0.4, 0.5) is 0 Å². The molecule has 2 aliphatic carbocycles. The molecule has 478 valence electrons. The molecule has 3 atom stereocenters. The van der Waals surface area contributed by atoms with Crippen molar-refractivity contribution in [3.63, 3.8) is 0 Å². The normalized spacial score (nSPS) is 18.1. The van der Waals surface area contributed by atoms with Crippen LogP contribution in [0.5, 0.6) is 23.0 Å². The zero-order chi connectivity index (χ0) is 65.1. The van der Waals surface area contributed by atoms with Gasteiger partial charge in [0.2, 0.25) is 0 Å². The van der Waals surface area contributed by atoms with Gasteiger partial charge in [0.05, 0.1) is 102 Å². The molecule has 3 aliphatic rings. The number of benzene rings is 3. The van der Waals surface area contributed by atoms with E-state index in [1.165, 1.54) is 12.1 Å². The fourth-order valence-corrected chi connectivity index (χ4v) is 11.7. The van der Waals surface area contributed by atoms with Crippen LogP contribution in [0.15, 0.2) is 106 Å². The number of thioether (sulfide) groups is 2. The zero-order valence-corrected chi connectivity index (χ0v) is 51.7. The molecule has 3 aromatic carbocycles. The highest BCUT2D eigenvalue weighted by Gasteiger charge is 2.37. The van der Waals surface area contributed by atoms with E-state index in [1.807, 2.05) is 6.07 Å². The van der Waals surface area contributed by atoms with Crippen LogP contribution < -0.4 is 18.9 Å². The molecular formula is C65H70N2O21S2. The number of fused-ring (bicyclic) bond motifs is 1. The maximum Gasteiger partial charge on any atom is 0.330 e. The van der Waals surface area contributed by atoms with Crippen molar-refractivity contribution < 1.29 is 100 Å². The number of hydrogen-bond acceptors (Lipinski definition) is 24. The summed E-state index contributed by atoms with van der Waals surface area (Å²) in [7, 11) is 0. The number of carbonyl (C=O) groups excluding carboxylic acids is 10. The Hall–Kier alpha value is -8.78. The van der Waals surface area contributed by atoms with Crippen LogP contribution in [0, 0.1) is 41.6 Å². The third-order valence-electron chi connectivity index (χ3n) is 14.2. The molecular weight excluding hydrogens is 1210 g/mol. The highest BCUT2D eigenvalue weighted by atomic mass is 32.2. The summed E-state index contributed by atoms with van der Waals surface area (Å²) in [6.45, 7) is 19.1. The maximum absolute atomic E-state index is 13.7. The highest BCUT2D eigenvalue weighted by Crippen LogP contribution is 2.59. The lowest BCUT2D eigenvalue weighted by atomic mass is 9.82. The first-order valence-corrected chi connectivity index (χ1v) is 30.9. The lowest BCUT2D eigenvalue weighted by Crippen LogP contribution is -2.30. The van der Waals surface area contributed by atoms with Gasteiger partial charge in [0.25, 0.3) is 5.70 Å². The molecule has 0 saturated heterocycles. The minimum atomic E-state index is -0.675.